The molecular weight excluding hydrogens is 510 g/mol. The molecule has 1 aliphatic rings. The number of thioether (sulfide) groups is 1. The molecule has 0 aliphatic carbocycles. The van der Waals surface area contributed by atoms with Crippen LogP contribution in [0.4, 0.5) is 11.4 Å². The number of carbonyl (C=O) groups excluding carboxylic acids is 2. The normalized spacial score (nSPS) is 15.5. The Morgan fingerprint density at radius 1 is 1.09 bits per heavy atom. The summed E-state index contributed by atoms with van der Waals surface area (Å²) in [6.45, 7) is 0. The van der Waals surface area contributed by atoms with Crippen molar-refractivity contribution in [1.29, 1.82) is 0 Å². The quantitative estimate of drug-likeness (QED) is 0.156. The topological polar surface area (TPSA) is 111 Å². The van der Waals surface area contributed by atoms with Gasteiger partial charge in [-0.3, -0.25) is 14.9 Å². The van der Waals surface area contributed by atoms with Crippen LogP contribution in [0.2, 0.25) is 0 Å². The molecule has 0 atom stereocenters. The minimum absolute atomic E-state index is 0.0759. The lowest BCUT2D eigenvalue weighted by Gasteiger charge is -2.05. The zero-order valence-electron chi connectivity index (χ0n) is 16.7. The predicted molar refractivity (Wildman–Crippen MR) is 129 cm³/mol. The van der Waals surface area contributed by atoms with Crippen LogP contribution < -0.4 is 10.1 Å². The Morgan fingerprint density at radius 2 is 1.82 bits per heavy atom. The molecule has 1 saturated heterocycles. The van der Waals surface area contributed by atoms with E-state index in [-0.39, 0.29) is 22.9 Å². The highest BCUT2D eigenvalue weighted by atomic mass is 79.9. The summed E-state index contributed by atoms with van der Waals surface area (Å²) < 4.78 is 6.22. The number of carbonyl (C=O) groups is 2. The van der Waals surface area contributed by atoms with E-state index in [4.69, 9.17) is 4.74 Å². The van der Waals surface area contributed by atoms with Gasteiger partial charge in [-0.05, 0) is 65.9 Å². The third-order valence-electron chi connectivity index (χ3n) is 4.39. The van der Waals surface area contributed by atoms with E-state index in [9.17, 15) is 19.7 Å². The molecule has 0 saturated carbocycles. The van der Waals surface area contributed by atoms with Crippen molar-refractivity contribution < 1.29 is 19.2 Å². The van der Waals surface area contributed by atoms with Crippen molar-refractivity contribution in [2.75, 3.05) is 0 Å². The lowest BCUT2D eigenvalue weighted by molar-refractivity contribution is -0.384. The maximum absolute atomic E-state index is 12.3. The molecule has 3 aromatic carbocycles. The van der Waals surface area contributed by atoms with Crippen LogP contribution in [-0.4, -0.2) is 22.0 Å². The van der Waals surface area contributed by atoms with Crippen LogP contribution in [0.3, 0.4) is 0 Å². The molecular formula is C23H14BrN3O5S. The number of hydrogen-bond acceptors (Lipinski definition) is 7. The average Bonchev–Trinajstić information content (AvgIpc) is 3.15. The maximum atomic E-state index is 12.3. The second kappa shape index (κ2) is 9.80. The number of nitrogens with zero attached hydrogens (tertiary/aromatic N) is 2. The van der Waals surface area contributed by atoms with Crippen LogP contribution in [0, 0.1) is 10.1 Å². The molecule has 4 rings (SSSR count). The van der Waals surface area contributed by atoms with E-state index in [0.29, 0.717) is 10.1 Å². The van der Waals surface area contributed by atoms with Crippen LogP contribution >= 0.6 is 27.7 Å². The molecule has 10 heteroatoms. The van der Waals surface area contributed by atoms with E-state index in [0.717, 1.165) is 21.8 Å². The number of nitrogens with one attached hydrogen (secondary N) is 1. The zero-order chi connectivity index (χ0) is 23.4. The largest absolute Gasteiger partial charge is 0.423 e. The number of amidine groups is 1. The van der Waals surface area contributed by atoms with Crippen molar-refractivity contribution in [2.45, 2.75) is 0 Å². The van der Waals surface area contributed by atoms with E-state index < -0.39 is 10.9 Å². The summed E-state index contributed by atoms with van der Waals surface area (Å²) >= 11 is 4.59. The lowest BCUT2D eigenvalue weighted by Crippen LogP contribution is -2.19. The summed E-state index contributed by atoms with van der Waals surface area (Å²) in [5.41, 5.74) is 1.33. The SMILES string of the molecule is O=C1NC(=Nc2ccc(Br)cc2)S/C1=C\c1ccc(OC(=O)c2cccc([N+](=O)[O-])c2)cc1. The highest BCUT2D eigenvalue weighted by Gasteiger charge is 2.23. The standard InChI is InChI=1S/C23H14BrN3O5S/c24-16-6-8-17(9-7-16)25-23-26-21(28)20(33-23)12-14-4-10-19(11-5-14)32-22(29)15-2-1-3-18(13-15)27(30)31/h1-13H,(H,25,26,28)/b20-12-. The third kappa shape index (κ3) is 5.73. The van der Waals surface area contributed by atoms with Crippen LogP contribution in [0.5, 0.6) is 5.75 Å². The summed E-state index contributed by atoms with van der Waals surface area (Å²) in [6, 6.07) is 19.3. The van der Waals surface area contributed by atoms with Crippen molar-refractivity contribution in [3.05, 3.63) is 103 Å². The van der Waals surface area contributed by atoms with Crippen LogP contribution in [0.25, 0.3) is 6.08 Å². The number of hydrogen-bond donors (Lipinski definition) is 1. The summed E-state index contributed by atoms with van der Waals surface area (Å²) in [4.78, 5) is 39.7. The number of ether oxygens (including phenoxy) is 1. The first-order valence-electron chi connectivity index (χ1n) is 9.49. The number of nitro benzene ring substituents is 1. The third-order valence-corrected chi connectivity index (χ3v) is 5.83. The van der Waals surface area contributed by atoms with Gasteiger partial charge in [0.2, 0.25) is 0 Å². The fourth-order valence-corrected chi connectivity index (χ4v) is 3.92. The van der Waals surface area contributed by atoms with Gasteiger partial charge in [-0.15, -0.1) is 0 Å². The molecule has 1 N–H and O–H groups in total. The van der Waals surface area contributed by atoms with Crippen LogP contribution in [-0.2, 0) is 4.79 Å². The molecule has 0 unspecified atom stereocenters. The Kier molecular flexibility index (Phi) is 6.66. The first-order chi connectivity index (χ1) is 15.9. The first-order valence-corrected chi connectivity index (χ1v) is 11.1. The van der Waals surface area contributed by atoms with Gasteiger partial charge >= 0.3 is 5.97 Å². The fourth-order valence-electron chi connectivity index (χ4n) is 2.81. The molecule has 164 valence electrons. The van der Waals surface area contributed by atoms with Gasteiger partial charge in [0.1, 0.15) is 5.75 Å². The molecule has 0 bridgehead atoms. The summed E-state index contributed by atoms with van der Waals surface area (Å²) in [7, 11) is 0. The number of aliphatic imine (C=N–C) groups is 1. The van der Waals surface area contributed by atoms with Gasteiger partial charge in [-0.2, -0.15) is 0 Å². The van der Waals surface area contributed by atoms with Crippen molar-refractivity contribution in [1.82, 2.24) is 5.32 Å². The average molecular weight is 524 g/mol. The molecule has 1 fully saturated rings. The molecule has 0 aromatic heterocycles. The van der Waals surface area contributed by atoms with Gasteiger partial charge < -0.3 is 10.1 Å². The highest BCUT2D eigenvalue weighted by molar-refractivity contribution is 9.10. The minimum atomic E-state index is -0.704. The summed E-state index contributed by atoms with van der Waals surface area (Å²) in [5.74, 6) is -0.684. The fraction of sp³-hybridized carbons (Fsp3) is 0. The number of benzene rings is 3. The highest BCUT2D eigenvalue weighted by Crippen LogP contribution is 2.29. The van der Waals surface area contributed by atoms with Crippen molar-refractivity contribution in [2.24, 2.45) is 4.99 Å². The van der Waals surface area contributed by atoms with Crippen LogP contribution in [0.15, 0.2) is 87.2 Å². The second-order valence-electron chi connectivity index (χ2n) is 6.72. The number of esters is 1. The Balaban J connectivity index is 1.43. The summed E-state index contributed by atoms with van der Waals surface area (Å²) in [6.07, 6.45) is 1.70. The smallest absolute Gasteiger partial charge is 0.343 e. The molecule has 33 heavy (non-hydrogen) atoms. The van der Waals surface area contributed by atoms with Crippen molar-refractivity contribution in [3.8, 4) is 5.75 Å². The lowest BCUT2D eigenvalue weighted by atomic mass is 10.2. The molecule has 1 amide bonds. The van der Waals surface area contributed by atoms with Gasteiger partial charge in [0.15, 0.2) is 5.17 Å². The van der Waals surface area contributed by atoms with Gasteiger partial charge in [0.25, 0.3) is 11.6 Å². The molecule has 3 aromatic rings. The molecule has 0 radical (unpaired) electrons. The van der Waals surface area contributed by atoms with E-state index in [2.05, 4.69) is 26.2 Å². The number of nitro groups is 1. The number of amides is 1. The predicted octanol–water partition coefficient (Wildman–Crippen LogP) is 5.47. The van der Waals surface area contributed by atoms with Gasteiger partial charge in [-0.1, -0.05) is 34.1 Å². The van der Waals surface area contributed by atoms with Gasteiger partial charge in [0.05, 0.1) is 21.1 Å². The maximum Gasteiger partial charge on any atom is 0.343 e. The first kappa shape index (κ1) is 22.4. The van der Waals surface area contributed by atoms with Gasteiger partial charge in [0, 0.05) is 16.6 Å². The van der Waals surface area contributed by atoms with E-state index in [1.165, 1.54) is 30.0 Å². The van der Waals surface area contributed by atoms with E-state index in [1.54, 1.807) is 30.3 Å². The van der Waals surface area contributed by atoms with Crippen molar-refractivity contribution >= 4 is 62.2 Å². The monoisotopic (exact) mass is 523 g/mol. The molecule has 1 aliphatic heterocycles. The molecule has 0 spiro atoms. The number of halogens is 1. The number of non-ortho nitro benzene ring substituents is 1. The second-order valence-corrected chi connectivity index (χ2v) is 8.67. The van der Waals surface area contributed by atoms with Gasteiger partial charge in [-0.25, -0.2) is 9.79 Å². The Hall–Kier alpha value is -3.76. The summed E-state index contributed by atoms with van der Waals surface area (Å²) in [5, 5.41) is 14.1. The van der Waals surface area contributed by atoms with E-state index in [1.807, 2.05) is 24.3 Å². The Bertz CT molecular complexity index is 1300. The zero-order valence-corrected chi connectivity index (χ0v) is 19.1. The van der Waals surface area contributed by atoms with Crippen molar-refractivity contribution in [3.63, 3.8) is 0 Å². The minimum Gasteiger partial charge on any atom is -0.423 e. The molecule has 8 nitrogen and oxygen atoms in total. The van der Waals surface area contributed by atoms with E-state index >= 15 is 0 Å². The van der Waals surface area contributed by atoms with Crippen LogP contribution in [0.1, 0.15) is 15.9 Å². The Labute approximate surface area is 200 Å². The molecule has 1 heterocycles. The Morgan fingerprint density at radius 3 is 2.52 bits per heavy atom. The number of rotatable bonds is 5.